The molecule has 0 N–H and O–H groups in total. The highest BCUT2D eigenvalue weighted by Gasteiger charge is 2.80. The molecule has 0 spiro atoms. The Balaban J connectivity index is 1.74. The molecule has 27 heavy (non-hydrogen) atoms. The lowest BCUT2D eigenvalue weighted by atomic mass is 9.95. The molecule has 4 rings (SSSR count). The average molecular weight is 385 g/mol. The molecule has 2 aromatic rings. The summed E-state index contributed by atoms with van der Waals surface area (Å²) in [5.74, 6) is 0.0238. The quantitative estimate of drug-likeness (QED) is 0.721. The summed E-state index contributed by atoms with van der Waals surface area (Å²) in [6, 6.07) is 14.4. The van der Waals surface area contributed by atoms with Crippen molar-refractivity contribution in [2.24, 2.45) is 0 Å². The van der Waals surface area contributed by atoms with E-state index in [4.69, 9.17) is 13.9 Å². The molecule has 0 aromatic heterocycles. The van der Waals surface area contributed by atoms with Crippen LogP contribution >= 0.6 is 0 Å². The maximum atomic E-state index is 12.7. The Morgan fingerprint density at radius 2 is 1.74 bits per heavy atom. The second-order valence-corrected chi connectivity index (χ2v) is 13.9. The molecule has 2 fully saturated rings. The summed E-state index contributed by atoms with van der Waals surface area (Å²) < 4.78 is 18.7. The van der Waals surface area contributed by atoms with Gasteiger partial charge in [-0.15, -0.1) is 0 Å². The third-order valence-electron chi connectivity index (χ3n) is 6.52. The van der Waals surface area contributed by atoms with Gasteiger partial charge in [-0.25, -0.2) is 0 Å². The number of benzene rings is 2. The maximum absolute atomic E-state index is 12.7. The molecule has 1 saturated heterocycles. The highest BCUT2D eigenvalue weighted by molar-refractivity contribution is 6.74. The Morgan fingerprint density at radius 3 is 2.41 bits per heavy atom. The van der Waals surface area contributed by atoms with Gasteiger partial charge in [0.25, 0.3) is 0 Å². The number of hydrogen-bond acceptors (Lipinski definition) is 4. The Bertz CT molecular complexity index is 895. The molecule has 2 aliphatic rings. The third kappa shape index (κ3) is 2.63. The first-order chi connectivity index (χ1) is 12.6. The molecule has 144 valence electrons. The fraction of sp³-hybridized carbons (Fsp3) is 0.500. The minimum Gasteiger partial charge on any atom is -0.400 e. The summed E-state index contributed by atoms with van der Waals surface area (Å²) in [6.45, 7) is 10.9. The van der Waals surface area contributed by atoms with E-state index in [0.29, 0.717) is 0 Å². The van der Waals surface area contributed by atoms with E-state index in [-0.39, 0.29) is 16.9 Å². The van der Waals surface area contributed by atoms with Gasteiger partial charge in [-0.1, -0.05) is 63.2 Å². The second kappa shape index (κ2) is 5.98. The minimum absolute atomic E-state index is 0.00495. The van der Waals surface area contributed by atoms with Crippen LogP contribution in [0.15, 0.2) is 42.5 Å². The lowest BCUT2D eigenvalue weighted by Gasteiger charge is -2.40. The molecule has 4 nitrogen and oxygen atoms in total. The summed E-state index contributed by atoms with van der Waals surface area (Å²) in [4.78, 5) is 12.7. The molecule has 1 aliphatic carbocycles. The third-order valence-corrected chi connectivity index (χ3v) is 11.0. The van der Waals surface area contributed by atoms with E-state index in [2.05, 4.69) is 58.1 Å². The van der Waals surface area contributed by atoms with Crippen molar-refractivity contribution >= 4 is 24.9 Å². The molecule has 4 atom stereocenters. The van der Waals surface area contributed by atoms with Gasteiger partial charge in [-0.3, -0.25) is 4.79 Å². The number of carbonyl (C=O) groups is 1. The van der Waals surface area contributed by atoms with E-state index in [9.17, 15) is 4.79 Å². The van der Waals surface area contributed by atoms with Gasteiger partial charge in [0.2, 0.25) is 5.78 Å². The predicted octanol–water partition coefficient (Wildman–Crippen LogP) is 4.64. The number of Topliss-reactive ketones (excluding diaryl/α,β-unsaturated/α-hetero) is 1. The first kappa shape index (κ1) is 18.8. The van der Waals surface area contributed by atoms with E-state index in [1.54, 1.807) is 7.11 Å². The molecule has 1 saturated carbocycles. The van der Waals surface area contributed by atoms with Crippen molar-refractivity contribution in [1.82, 2.24) is 0 Å². The van der Waals surface area contributed by atoms with E-state index in [1.807, 2.05) is 18.2 Å². The monoisotopic (exact) mass is 384 g/mol. The van der Waals surface area contributed by atoms with E-state index >= 15 is 0 Å². The Hall–Kier alpha value is -1.53. The fourth-order valence-corrected chi connectivity index (χ4v) is 5.42. The molecule has 0 amide bonds. The number of rotatable bonds is 4. The van der Waals surface area contributed by atoms with Crippen LogP contribution in [0.3, 0.4) is 0 Å². The highest BCUT2D eigenvalue weighted by atomic mass is 28.4. The van der Waals surface area contributed by atoms with E-state index in [1.165, 1.54) is 0 Å². The van der Waals surface area contributed by atoms with Gasteiger partial charge in [0, 0.05) is 7.11 Å². The largest absolute Gasteiger partial charge is 0.400 e. The zero-order valence-electron chi connectivity index (χ0n) is 16.9. The van der Waals surface area contributed by atoms with Crippen molar-refractivity contribution in [3.63, 3.8) is 0 Å². The smallest absolute Gasteiger partial charge is 0.201 e. The van der Waals surface area contributed by atoms with Crippen molar-refractivity contribution in [3.8, 4) is 0 Å². The van der Waals surface area contributed by atoms with Gasteiger partial charge in [0.15, 0.2) is 20.0 Å². The zero-order chi connectivity index (χ0) is 19.6. The Morgan fingerprint density at radius 1 is 1.07 bits per heavy atom. The van der Waals surface area contributed by atoms with Gasteiger partial charge in [-0.05, 0) is 34.5 Å². The van der Waals surface area contributed by atoms with Crippen LogP contribution in [0.2, 0.25) is 18.1 Å². The molecule has 5 heteroatoms. The van der Waals surface area contributed by atoms with Gasteiger partial charge < -0.3 is 13.9 Å². The molecular formula is C22H28O4Si. The van der Waals surface area contributed by atoms with Crippen molar-refractivity contribution in [3.05, 3.63) is 48.0 Å². The highest BCUT2D eigenvalue weighted by Crippen LogP contribution is 2.58. The van der Waals surface area contributed by atoms with Crippen LogP contribution < -0.4 is 0 Å². The van der Waals surface area contributed by atoms with Crippen LogP contribution in [0.25, 0.3) is 10.8 Å². The summed E-state index contributed by atoms with van der Waals surface area (Å²) in [6.07, 6.45) is -1.27. The number of fused-ring (bicyclic) bond motifs is 2. The number of ketones is 1. The lowest BCUT2D eigenvalue weighted by molar-refractivity contribution is -0.129. The fourth-order valence-electron chi connectivity index (χ4n) is 3.94. The second-order valence-electron chi connectivity index (χ2n) is 9.18. The van der Waals surface area contributed by atoms with Gasteiger partial charge in [0.1, 0.15) is 12.2 Å². The molecule has 0 bridgehead atoms. The van der Waals surface area contributed by atoms with Gasteiger partial charge >= 0.3 is 0 Å². The van der Waals surface area contributed by atoms with Crippen molar-refractivity contribution in [2.45, 2.75) is 62.8 Å². The Labute approximate surface area is 161 Å². The van der Waals surface area contributed by atoms with Crippen molar-refractivity contribution in [2.75, 3.05) is 7.11 Å². The first-order valence-corrected chi connectivity index (χ1v) is 12.4. The van der Waals surface area contributed by atoms with E-state index in [0.717, 1.165) is 16.3 Å². The van der Waals surface area contributed by atoms with Crippen molar-refractivity contribution in [1.29, 1.82) is 0 Å². The predicted molar refractivity (Wildman–Crippen MR) is 108 cm³/mol. The normalized spacial score (nSPS) is 30.6. The molecule has 1 heterocycles. The summed E-state index contributed by atoms with van der Waals surface area (Å²) in [5, 5.41) is 2.29. The Kier molecular flexibility index (Phi) is 4.17. The van der Waals surface area contributed by atoms with Crippen LogP contribution in [-0.2, 0) is 18.7 Å². The van der Waals surface area contributed by atoms with Crippen LogP contribution in [0.4, 0.5) is 0 Å². The maximum Gasteiger partial charge on any atom is 0.201 e. The zero-order valence-corrected chi connectivity index (χ0v) is 17.9. The van der Waals surface area contributed by atoms with Crippen LogP contribution in [0, 0.1) is 0 Å². The lowest BCUT2D eigenvalue weighted by Crippen LogP contribution is -2.50. The molecule has 2 aromatic carbocycles. The van der Waals surface area contributed by atoms with Crippen LogP contribution in [0.1, 0.15) is 32.4 Å². The molecule has 1 aliphatic heterocycles. The molecule has 1 unspecified atom stereocenters. The van der Waals surface area contributed by atoms with E-state index < -0.39 is 26.1 Å². The summed E-state index contributed by atoms with van der Waals surface area (Å²) in [7, 11) is -0.516. The van der Waals surface area contributed by atoms with Gasteiger partial charge in [-0.2, -0.15) is 0 Å². The minimum atomic E-state index is -2.17. The summed E-state index contributed by atoms with van der Waals surface area (Å²) in [5.41, 5.74) is 0.0949. The first-order valence-electron chi connectivity index (χ1n) is 9.54. The number of ether oxygens (including phenoxy) is 2. The topological polar surface area (TPSA) is 44.8 Å². The van der Waals surface area contributed by atoms with Gasteiger partial charge in [0.05, 0.1) is 0 Å². The molecular weight excluding hydrogens is 356 g/mol. The number of carbonyl (C=O) groups excluding carboxylic acids is 1. The SMILES string of the molecule is CO[C@H]1[C@H](c2cccc3ccccc23)O[C@@H]2C(=O)C21O[Si](C)(C)C(C)(C)C. The molecule has 0 radical (unpaired) electrons. The number of hydrogen-bond donors (Lipinski definition) is 0. The standard InChI is InChI=1S/C22H28O4Si/c1-21(2,3)27(5,6)26-22-18(23)20(22)25-17(19(22)24-4)16-13-9-11-14-10-7-8-12-15(14)16/h7-13,17,19-20H,1-6H3/t17-,19-,20+,22?/m0/s1. The average Bonchev–Trinajstić information content (AvgIpc) is 2.99. The van der Waals surface area contributed by atoms with Crippen LogP contribution in [-0.4, -0.2) is 39.0 Å². The number of methoxy groups -OCH3 is 1. The summed E-state index contributed by atoms with van der Waals surface area (Å²) >= 11 is 0. The van der Waals surface area contributed by atoms with Crippen LogP contribution in [0.5, 0.6) is 0 Å². The van der Waals surface area contributed by atoms with Crippen molar-refractivity contribution < 1.29 is 18.7 Å².